The second-order valence-electron chi connectivity index (χ2n) is 4.31. The summed E-state index contributed by atoms with van der Waals surface area (Å²) in [6.07, 6.45) is 1.66. The molecule has 104 valence electrons. The Morgan fingerprint density at radius 1 is 1.35 bits per heavy atom. The van der Waals surface area contributed by atoms with Crippen LogP contribution < -0.4 is 10.1 Å². The van der Waals surface area contributed by atoms with Gasteiger partial charge in [-0.3, -0.25) is 9.78 Å². The number of methoxy groups -OCH3 is 1. The van der Waals surface area contributed by atoms with Crippen molar-refractivity contribution in [2.45, 2.75) is 13.5 Å². The maximum absolute atomic E-state index is 13.6. The van der Waals surface area contributed by atoms with Gasteiger partial charge in [0.1, 0.15) is 0 Å². The van der Waals surface area contributed by atoms with Crippen LogP contribution in [-0.2, 0) is 11.3 Å². The summed E-state index contributed by atoms with van der Waals surface area (Å²) in [5, 5.41) is 2.69. The average Bonchev–Trinajstić information content (AvgIpc) is 2.45. The van der Waals surface area contributed by atoms with E-state index < -0.39 is 5.82 Å². The molecule has 0 unspecified atom stereocenters. The first-order valence-corrected chi connectivity index (χ1v) is 6.13. The van der Waals surface area contributed by atoms with Crippen LogP contribution in [-0.4, -0.2) is 18.0 Å². The number of hydrogen-bond acceptors (Lipinski definition) is 3. The van der Waals surface area contributed by atoms with Crippen LogP contribution in [0.3, 0.4) is 0 Å². The summed E-state index contributed by atoms with van der Waals surface area (Å²) in [7, 11) is 1.42. The SMILES string of the molecule is COc1ccc(-c2ccc(CNC(C)=O)cn2)cc1F. The standard InChI is InChI=1S/C15H15FN2O2/c1-10(19)17-8-11-3-5-14(18-9-11)12-4-6-15(20-2)13(16)7-12/h3-7,9H,8H2,1-2H3,(H,17,19). The van der Waals surface area contributed by atoms with Crippen LogP contribution in [0.15, 0.2) is 36.5 Å². The molecule has 0 radical (unpaired) electrons. The molecule has 0 aliphatic heterocycles. The third kappa shape index (κ3) is 3.32. The van der Waals surface area contributed by atoms with Crippen molar-refractivity contribution in [2.75, 3.05) is 7.11 Å². The first-order chi connectivity index (χ1) is 9.60. The van der Waals surface area contributed by atoms with Gasteiger partial charge in [-0.2, -0.15) is 0 Å². The molecule has 0 atom stereocenters. The second-order valence-corrected chi connectivity index (χ2v) is 4.31. The maximum atomic E-state index is 13.6. The van der Waals surface area contributed by atoms with Crippen molar-refractivity contribution in [3.8, 4) is 17.0 Å². The fourth-order valence-corrected chi connectivity index (χ4v) is 1.75. The van der Waals surface area contributed by atoms with Gasteiger partial charge in [0.05, 0.1) is 12.8 Å². The van der Waals surface area contributed by atoms with E-state index in [1.807, 2.05) is 6.07 Å². The Morgan fingerprint density at radius 3 is 2.70 bits per heavy atom. The Morgan fingerprint density at radius 2 is 2.15 bits per heavy atom. The fourth-order valence-electron chi connectivity index (χ4n) is 1.75. The molecule has 0 aliphatic carbocycles. The lowest BCUT2D eigenvalue weighted by molar-refractivity contribution is -0.119. The maximum Gasteiger partial charge on any atom is 0.217 e. The molecule has 1 aromatic heterocycles. The van der Waals surface area contributed by atoms with Gasteiger partial charge in [-0.1, -0.05) is 6.07 Å². The van der Waals surface area contributed by atoms with Crippen LogP contribution in [0.25, 0.3) is 11.3 Å². The molecule has 20 heavy (non-hydrogen) atoms. The van der Waals surface area contributed by atoms with Crippen molar-refractivity contribution in [2.24, 2.45) is 0 Å². The van der Waals surface area contributed by atoms with Crippen LogP contribution in [0, 0.1) is 5.82 Å². The van der Waals surface area contributed by atoms with Gasteiger partial charge in [0.25, 0.3) is 0 Å². The molecule has 0 fully saturated rings. The van der Waals surface area contributed by atoms with Crippen LogP contribution in [0.1, 0.15) is 12.5 Å². The van der Waals surface area contributed by atoms with Gasteiger partial charge < -0.3 is 10.1 Å². The first kappa shape index (κ1) is 14.0. The largest absolute Gasteiger partial charge is 0.494 e. The van der Waals surface area contributed by atoms with Crippen molar-refractivity contribution in [1.29, 1.82) is 0 Å². The quantitative estimate of drug-likeness (QED) is 0.932. The fraction of sp³-hybridized carbons (Fsp3) is 0.200. The number of ether oxygens (including phenoxy) is 1. The second kappa shape index (κ2) is 6.14. The van der Waals surface area contributed by atoms with E-state index >= 15 is 0 Å². The number of carbonyl (C=O) groups excluding carboxylic acids is 1. The van der Waals surface area contributed by atoms with Gasteiger partial charge in [0.2, 0.25) is 5.91 Å². The lowest BCUT2D eigenvalue weighted by Crippen LogP contribution is -2.18. The zero-order valence-electron chi connectivity index (χ0n) is 11.3. The highest BCUT2D eigenvalue weighted by molar-refractivity contribution is 5.72. The molecular formula is C15H15FN2O2. The minimum atomic E-state index is -0.422. The van der Waals surface area contributed by atoms with Crippen molar-refractivity contribution < 1.29 is 13.9 Å². The van der Waals surface area contributed by atoms with E-state index in [2.05, 4.69) is 10.3 Å². The third-order valence-electron chi connectivity index (χ3n) is 2.81. The summed E-state index contributed by atoms with van der Waals surface area (Å²) in [5.41, 5.74) is 2.23. The summed E-state index contributed by atoms with van der Waals surface area (Å²) >= 11 is 0. The topological polar surface area (TPSA) is 51.2 Å². The van der Waals surface area contributed by atoms with Gasteiger partial charge in [-0.25, -0.2) is 4.39 Å². The highest BCUT2D eigenvalue weighted by Crippen LogP contribution is 2.24. The number of pyridine rings is 1. The van der Waals surface area contributed by atoms with Crippen molar-refractivity contribution in [3.05, 3.63) is 47.9 Å². The van der Waals surface area contributed by atoms with E-state index in [0.29, 0.717) is 17.8 Å². The zero-order valence-corrected chi connectivity index (χ0v) is 11.3. The van der Waals surface area contributed by atoms with Crippen molar-refractivity contribution in [3.63, 3.8) is 0 Å². The number of carbonyl (C=O) groups is 1. The molecule has 0 bridgehead atoms. The lowest BCUT2D eigenvalue weighted by atomic mass is 10.1. The molecule has 1 N–H and O–H groups in total. The van der Waals surface area contributed by atoms with Crippen LogP contribution in [0.2, 0.25) is 0 Å². The van der Waals surface area contributed by atoms with Gasteiger partial charge >= 0.3 is 0 Å². The molecular weight excluding hydrogens is 259 g/mol. The molecule has 0 aliphatic rings. The predicted octanol–water partition coefficient (Wildman–Crippen LogP) is 2.53. The highest BCUT2D eigenvalue weighted by Gasteiger charge is 2.06. The Bertz CT molecular complexity index is 612. The number of amides is 1. The molecule has 0 saturated carbocycles. The number of nitrogens with one attached hydrogen (secondary N) is 1. The number of rotatable bonds is 4. The van der Waals surface area contributed by atoms with E-state index in [9.17, 15) is 9.18 Å². The Labute approximate surface area is 116 Å². The summed E-state index contributed by atoms with van der Waals surface area (Å²) in [4.78, 5) is 15.1. The molecule has 1 aromatic carbocycles. The summed E-state index contributed by atoms with van der Waals surface area (Å²) in [6.45, 7) is 1.89. The number of aromatic nitrogens is 1. The predicted molar refractivity (Wildman–Crippen MR) is 73.7 cm³/mol. The molecule has 5 heteroatoms. The van der Waals surface area contributed by atoms with Crippen LogP contribution >= 0.6 is 0 Å². The smallest absolute Gasteiger partial charge is 0.217 e. The molecule has 2 rings (SSSR count). The minimum absolute atomic E-state index is 0.0914. The van der Waals surface area contributed by atoms with E-state index in [1.54, 1.807) is 24.4 Å². The number of nitrogens with zero attached hydrogens (tertiary/aromatic N) is 1. The number of halogens is 1. The number of benzene rings is 1. The Kier molecular flexibility index (Phi) is 4.30. The summed E-state index contributed by atoms with van der Waals surface area (Å²) in [6, 6.07) is 8.34. The molecule has 2 aromatic rings. The summed E-state index contributed by atoms with van der Waals surface area (Å²) < 4.78 is 18.5. The van der Waals surface area contributed by atoms with Crippen LogP contribution in [0.5, 0.6) is 5.75 Å². The van der Waals surface area contributed by atoms with Crippen molar-refractivity contribution >= 4 is 5.91 Å². The molecule has 0 spiro atoms. The Hall–Kier alpha value is -2.43. The van der Waals surface area contributed by atoms with E-state index in [1.165, 1.54) is 20.1 Å². The molecule has 1 heterocycles. The zero-order chi connectivity index (χ0) is 14.5. The molecule has 0 saturated heterocycles. The third-order valence-corrected chi connectivity index (χ3v) is 2.81. The average molecular weight is 274 g/mol. The summed E-state index contributed by atoms with van der Waals surface area (Å²) in [5.74, 6) is -0.309. The van der Waals surface area contributed by atoms with Gasteiger partial charge in [-0.15, -0.1) is 0 Å². The minimum Gasteiger partial charge on any atom is -0.494 e. The van der Waals surface area contributed by atoms with Crippen molar-refractivity contribution in [1.82, 2.24) is 10.3 Å². The monoisotopic (exact) mass is 274 g/mol. The van der Waals surface area contributed by atoms with E-state index in [0.717, 1.165) is 5.56 Å². The molecule has 1 amide bonds. The van der Waals surface area contributed by atoms with Crippen LogP contribution in [0.4, 0.5) is 4.39 Å². The number of hydrogen-bond donors (Lipinski definition) is 1. The van der Waals surface area contributed by atoms with E-state index in [-0.39, 0.29) is 11.7 Å². The first-order valence-electron chi connectivity index (χ1n) is 6.13. The highest BCUT2D eigenvalue weighted by atomic mass is 19.1. The van der Waals surface area contributed by atoms with Gasteiger partial charge in [-0.05, 0) is 29.8 Å². The van der Waals surface area contributed by atoms with Gasteiger partial charge in [0, 0.05) is 25.2 Å². The van der Waals surface area contributed by atoms with Gasteiger partial charge in [0.15, 0.2) is 11.6 Å². The molecule has 4 nitrogen and oxygen atoms in total. The Balaban J connectivity index is 2.17. The van der Waals surface area contributed by atoms with E-state index in [4.69, 9.17) is 4.74 Å². The lowest BCUT2D eigenvalue weighted by Gasteiger charge is -2.06. The normalized spacial score (nSPS) is 10.2.